The first kappa shape index (κ1) is 15.3. The highest BCUT2D eigenvalue weighted by molar-refractivity contribution is 6.76. The molecule has 7 heteroatoms. The Bertz CT molecular complexity index is 618. The Balaban J connectivity index is 2.62. The lowest BCUT2D eigenvalue weighted by Gasteiger charge is -2.16. The Labute approximate surface area is 122 Å². The van der Waals surface area contributed by atoms with Gasteiger partial charge in [-0.25, -0.2) is 9.38 Å². The smallest absolute Gasteiger partial charge is 0.235 e. The van der Waals surface area contributed by atoms with E-state index in [2.05, 4.69) is 4.99 Å². The van der Waals surface area contributed by atoms with E-state index in [1.54, 1.807) is 6.92 Å². The summed E-state index contributed by atoms with van der Waals surface area (Å²) in [6.45, 7) is 1.68. The van der Waals surface area contributed by atoms with Crippen molar-refractivity contribution < 1.29 is 17.6 Å². The summed E-state index contributed by atoms with van der Waals surface area (Å²) >= 11 is 11.8. The van der Waals surface area contributed by atoms with Crippen LogP contribution in [0.3, 0.4) is 0 Å². The molecule has 1 aromatic rings. The van der Waals surface area contributed by atoms with Crippen molar-refractivity contribution >= 4 is 34.1 Å². The van der Waals surface area contributed by atoms with Crippen molar-refractivity contribution in [3.63, 3.8) is 0 Å². The molecule has 0 amide bonds. The number of aliphatic imine (C=N–C) groups is 1. The number of hydrogen-bond acceptors (Lipinski definition) is 1. The number of hydrogen-bond donors (Lipinski definition) is 0. The molecule has 0 aromatic heterocycles. The van der Waals surface area contributed by atoms with Gasteiger partial charge in [-0.3, -0.25) is 0 Å². The van der Waals surface area contributed by atoms with Gasteiger partial charge in [0, 0.05) is 5.56 Å². The Morgan fingerprint density at radius 3 is 2.40 bits per heavy atom. The van der Waals surface area contributed by atoms with Gasteiger partial charge in [-0.1, -0.05) is 28.8 Å². The van der Waals surface area contributed by atoms with E-state index >= 15 is 0 Å². The van der Waals surface area contributed by atoms with E-state index in [0.717, 1.165) is 6.07 Å². The molecule has 1 aliphatic heterocycles. The van der Waals surface area contributed by atoms with Crippen molar-refractivity contribution in [3.8, 4) is 0 Å². The van der Waals surface area contributed by atoms with E-state index in [-0.39, 0.29) is 27.9 Å². The van der Waals surface area contributed by atoms with Crippen LogP contribution < -0.4 is 0 Å². The highest BCUT2D eigenvalue weighted by atomic mass is 35.5. The number of allylic oxidation sites excluding steroid dienone is 2. The van der Waals surface area contributed by atoms with Crippen molar-refractivity contribution in [1.29, 1.82) is 0 Å². The Hall–Kier alpha value is -1.07. The van der Waals surface area contributed by atoms with Gasteiger partial charge in [0.25, 0.3) is 0 Å². The quantitative estimate of drug-likeness (QED) is 0.553. The van der Waals surface area contributed by atoms with Gasteiger partial charge < -0.3 is 0 Å². The standard InChI is InChI=1S/C13H9Cl2F4N/c1-6-2-3-7-9(20-12(15)10(6)14)5-4-8(11(7)16)13(17,18)19/h4-5H,2-3H2,1H3. The van der Waals surface area contributed by atoms with Gasteiger partial charge in [0.1, 0.15) is 11.0 Å². The predicted octanol–water partition coefficient (Wildman–Crippen LogP) is 5.57. The number of fused-ring (bicyclic) bond motifs is 1. The lowest BCUT2D eigenvalue weighted by molar-refractivity contribution is -0.140. The molecule has 0 fully saturated rings. The van der Waals surface area contributed by atoms with Crippen molar-refractivity contribution in [2.24, 2.45) is 4.99 Å². The summed E-state index contributed by atoms with van der Waals surface area (Å²) in [6.07, 6.45) is -4.34. The second-order valence-corrected chi connectivity index (χ2v) is 5.16. The van der Waals surface area contributed by atoms with E-state index in [1.807, 2.05) is 0 Å². The van der Waals surface area contributed by atoms with Crippen LogP contribution in [-0.2, 0) is 12.6 Å². The van der Waals surface area contributed by atoms with Crippen LogP contribution in [0.4, 0.5) is 23.2 Å². The summed E-state index contributed by atoms with van der Waals surface area (Å²) in [5.41, 5.74) is -0.661. The summed E-state index contributed by atoms with van der Waals surface area (Å²) in [4.78, 5) is 3.90. The fourth-order valence-electron chi connectivity index (χ4n) is 1.93. The van der Waals surface area contributed by atoms with Crippen molar-refractivity contribution in [2.75, 3.05) is 0 Å². The Morgan fingerprint density at radius 2 is 1.80 bits per heavy atom. The molecule has 0 N–H and O–H groups in total. The summed E-state index contributed by atoms with van der Waals surface area (Å²) < 4.78 is 52.1. The molecular weight excluding hydrogens is 317 g/mol. The minimum absolute atomic E-state index is 0.0516. The van der Waals surface area contributed by atoms with E-state index in [1.165, 1.54) is 0 Å². The molecule has 0 saturated carbocycles. The second-order valence-electron chi connectivity index (χ2n) is 4.42. The maximum absolute atomic E-state index is 14.0. The largest absolute Gasteiger partial charge is 0.419 e. The first-order chi connectivity index (χ1) is 9.21. The van der Waals surface area contributed by atoms with E-state index < -0.39 is 17.6 Å². The third-order valence-corrected chi connectivity index (χ3v) is 3.92. The highest BCUT2D eigenvalue weighted by Crippen LogP contribution is 2.38. The van der Waals surface area contributed by atoms with Crippen molar-refractivity contribution in [2.45, 2.75) is 25.9 Å². The van der Waals surface area contributed by atoms with Crippen molar-refractivity contribution in [1.82, 2.24) is 0 Å². The molecule has 0 spiro atoms. The molecule has 0 radical (unpaired) electrons. The minimum Gasteiger partial charge on any atom is -0.235 e. The van der Waals surface area contributed by atoms with Crippen LogP contribution >= 0.6 is 23.2 Å². The zero-order chi connectivity index (χ0) is 15.1. The van der Waals surface area contributed by atoms with Gasteiger partial charge in [-0.2, -0.15) is 13.2 Å². The molecule has 0 unspecified atom stereocenters. The number of nitrogens with zero attached hydrogens (tertiary/aromatic N) is 1. The minimum atomic E-state index is -4.74. The third-order valence-electron chi connectivity index (χ3n) is 3.05. The molecular formula is C13H9Cl2F4N. The average Bonchev–Trinajstić information content (AvgIpc) is 2.34. The maximum atomic E-state index is 14.0. The van der Waals surface area contributed by atoms with Gasteiger partial charge in [0.05, 0.1) is 16.3 Å². The monoisotopic (exact) mass is 325 g/mol. The Morgan fingerprint density at radius 1 is 1.15 bits per heavy atom. The molecule has 20 heavy (non-hydrogen) atoms. The lowest BCUT2D eigenvalue weighted by Crippen LogP contribution is -2.11. The van der Waals surface area contributed by atoms with Gasteiger partial charge in [-0.05, 0) is 31.9 Å². The van der Waals surface area contributed by atoms with Gasteiger partial charge >= 0.3 is 6.18 Å². The summed E-state index contributed by atoms with van der Waals surface area (Å²) in [5, 5.41) is 0.196. The first-order valence-electron chi connectivity index (χ1n) is 5.70. The van der Waals surface area contributed by atoms with Gasteiger partial charge in [0.2, 0.25) is 0 Å². The SMILES string of the molecule is CC1=C(Cl)C(Cl)=Nc2ccc(C(F)(F)F)c(F)c2CC1. The van der Waals surface area contributed by atoms with Gasteiger partial charge in [0.15, 0.2) is 0 Å². The number of benzene rings is 1. The molecule has 1 aliphatic rings. The topological polar surface area (TPSA) is 12.4 Å². The fraction of sp³-hybridized carbons (Fsp3) is 0.308. The fourth-order valence-corrected chi connectivity index (χ4v) is 2.31. The molecule has 1 heterocycles. The number of rotatable bonds is 0. The summed E-state index contributed by atoms with van der Waals surface area (Å²) in [6, 6.07) is 1.77. The van der Waals surface area contributed by atoms with Crippen LogP contribution in [0.2, 0.25) is 0 Å². The normalized spacial score (nSPS) is 16.4. The third kappa shape index (κ3) is 2.83. The highest BCUT2D eigenvalue weighted by Gasteiger charge is 2.35. The molecule has 108 valence electrons. The zero-order valence-electron chi connectivity index (χ0n) is 10.3. The van der Waals surface area contributed by atoms with Crippen LogP contribution in [-0.4, -0.2) is 5.17 Å². The van der Waals surface area contributed by atoms with Gasteiger partial charge in [-0.15, -0.1) is 0 Å². The van der Waals surface area contributed by atoms with Crippen LogP contribution in [0.25, 0.3) is 0 Å². The van der Waals surface area contributed by atoms with E-state index in [9.17, 15) is 17.6 Å². The molecule has 0 aliphatic carbocycles. The lowest BCUT2D eigenvalue weighted by atomic mass is 9.99. The van der Waals surface area contributed by atoms with E-state index in [0.29, 0.717) is 18.1 Å². The van der Waals surface area contributed by atoms with Crippen molar-refractivity contribution in [3.05, 3.63) is 39.7 Å². The first-order valence-corrected chi connectivity index (χ1v) is 6.45. The zero-order valence-corrected chi connectivity index (χ0v) is 11.8. The number of alkyl halides is 3. The van der Waals surface area contributed by atoms with Crippen LogP contribution in [0.1, 0.15) is 24.5 Å². The number of halogens is 6. The Kier molecular flexibility index (Phi) is 4.12. The van der Waals surface area contributed by atoms with Crippen LogP contribution in [0.5, 0.6) is 0 Å². The van der Waals surface area contributed by atoms with E-state index in [4.69, 9.17) is 23.2 Å². The molecule has 2 rings (SSSR count). The summed E-state index contributed by atoms with van der Waals surface area (Å²) in [5.74, 6) is -1.30. The molecule has 0 bridgehead atoms. The molecule has 0 atom stereocenters. The second kappa shape index (κ2) is 5.37. The predicted molar refractivity (Wildman–Crippen MR) is 71.2 cm³/mol. The maximum Gasteiger partial charge on any atom is 0.419 e. The van der Waals surface area contributed by atoms with Crippen LogP contribution in [0, 0.1) is 5.82 Å². The van der Waals surface area contributed by atoms with Crippen LogP contribution in [0.15, 0.2) is 27.7 Å². The average molecular weight is 326 g/mol. The molecule has 1 nitrogen and oxygen atoms in total. The summed E-state index contributed by atoms with van der Waals surface area (Å²) in [7, 11) is 0. The molecule has 0 saturated heterocycles. The molecule has 1 aromatic carbocycles.